The third-order valence-corrected chi connectivity index (χ3v) is 13.5. The van der Waals surface area contributed by atoms with Crippen molar-refractivity contribution in [2.24, 2.45) is 0 Å². The van der Waals surface area contributed by atoms with Gasteiger partial charge in [-0.15, -0.1) is 0 Å². The first-order valence-electron chi connectivity index (χ1n) is 21.4. The first-order valence-corrected chi connectivity index (χ1v) is 21.4. The van der Waals surface area contributed by atoms with E-state index in [1.165, 1.54) is 33.0 Å². The molecule has 0 aliphatic heterocycles. The number of rotatable bonds is 5. The van der Waals surface area contributed by atoms with Gasteiger partial charge in [-0.1, -0.05) is 153 Å². The molecule has 1 aliphatic carbocycles. The number of benzene rings is 10. The van der Waals surface area contributed by atoms with Gasteiger partial charge in [0.15, 0.2) is 0 Å². The van der Waals surface area contributed by atoms with Crippen LogP contribution in [0.4, 0.5) is 17.1 Å². The van der Waals surface area contributed by atoms with Crippen LogP contribution >= 0.6 is 0 Å². The normalized spacial score (nSPS) is 13.1. The van der Waals surface area contributed by atoms with Gasteiger partial charge in [-0.05, 0) is 116 Å². The Kier molecular flexibility index (Phi) is 7.36. The number of fused-ring (bicyclic) bond motifs is 13. The molecule has 10 aromatic carbocycles. The molecule has 2 aromatic heterocycles. The predicted octanol–water partition coefficient (Wildman–Crippen LogP) is 16.9. The van der Waals surface area contributed by atoms with Crippen molar-refractivity contribution in [1.82, 2.24) is 0 Å². The number of anilines is 3. The van der Waals surface area contributed by atoms with Gasteiger partial charge in [-0.25, -0.2) is 0 Å². The van der Waals surface area contributed by atoms with Gasteiger partial charge in [-0.3, -0.25) is 0 Å². The summed E-state index contributed by atoms with van der Waals surface area (Å²) in [6.45, 7) is 4.70. The molecular formula is C59H39NO2. The van der Waals surface area contributed by atoms with E-state index in [1.807, 2.05) is 0 Å². The highest BCUT2D eigenvalue weighted by atomic mass is 16.3. The molecule has 13 rings (SSSR count). The van der Waals surface area contributed by atoms with Crippen molar-refractivity contribution in [3.8, 4) is 33.4 Å². The largest absolute Gasteiger partial charge is 0.455 e. The predicted molar refractivity (Wildman–Crippen MR) is 259 cm³/mol. The van der Waals surface area contributed by atoms with E-state index >= 15 is 0 Å². The van der Waals surface area contributed by atoms with Gasteiger partial charge in [-0.2, -0.15) is 0 Å². The molecule has 12 aromatic rings. The van der Waals surface area contributed by atoms with Gasteiger partial charge in [0.2, 0.25) is 0 Å². The first kappa shape index (κ1) is 34.9. The van der Waals surface area contributed by atoms with Crippen molar-refractivity contribution in [2.75, 3.05) is 4.90 Å². The molecular weight excluding hydrogens is 755 g/mol. The van der Waals surface area contributed by atoms with Crippen LogP contribution in [0.3, 0.4) is 0 Å². The molecule has 0 spiro atoms. The maximum atomic E-state index is 6.57. The van der Waals surface area contributed by atoms with Crippen molar-refractivity contribution in [3.63, 3.8) is 0 Å². The fraction of sp³-hybridized carbons (Fsp3) is 0.0508. The summed E-state index contributed by atoms with van der Waals surface area (Å²) in [5.74, 6) is 0. The lowest BCUT2D eigenvalue weighted by molar-refractivity contribution is 0.660. The quantitative estimate of drug-likeness (QED) is 0.174. The molecule has 2 heterocycles. The standard InChI is InChI=1S/C59H39NO2/c1-59(2)51-18-8-7-15-47(51)48-34-31-42(35-52(48)59)60(40-27-21-38(22-28-40)43-16-9-19-53-55(43)49-32-25-36-11-3-5-13-45(36)57(49)61-53)41-29-23-39(24-30-41)44-17-10-20-54-56(44)50-33-26-37-12-4-6-14-46(37)58(50)62-54/h3-35H,1-2H3. The van der Waals surface area contributed by atoms with Crippen molar-refractivity contribution in [2.45, 2.75) is 19.3 Å². The molecule has 3 nitrogen and oxygen atoms in total. The molecule has 0 unspecified atom stereocenters. The van der Waals surface area contributed by atoms with Crippen LogP contribution in [0.2, 0.25) is 0 Å². The van der Waals surface area contributed by atoms with Crippen molar-refractivity contribution in [3.05, 3.63) is 211 Å². The highest BCUT2D eigenvalue weighted by molar-refractivity contribution is 6.20. The van der Waals surface area contributed by atoms with Gasteiger partial charge in [0, 0.05) is 54.8 Å². The molecule has 62 heavy (non-hydrogen) atoms. The Hall–Kier alpha value is -7.88. The van der Waals surface area contributed by atoms with Crippen LogP contribution in [0.5, 0.6) is 0 Å². The highest BCUT2D eigenvalue weighted by Crippen LogP contribution is 2.51. The van der Waals surface area contributed by atoms with Gasteiger partial charge >= 0.3 is 0 Å². The zero-order valence-electron chi connectivity index (χ0n) is 34.3. The molecule has 0 saturated carbocycles. The molecule has 1 aliphatic rings. The Morgan fingerprint density at radius 1 is 0.355 bits per heavy atom. The molecule has 0 N–H and O–H groups in total. The third kappa shape index (κ3) is 5.06. The minimum absolute atomic E-state index is 0.129. The minimum Gasteiger partial charge on any atom is -0.455 e. The molecule has 292 valence electrons. The average Bonchev–Trinajstić information content (AvgIpc) is 3.98. The second-order valence-electron chi connectivity index (χ2n) is 17.2. The van der Waals surface area contributed by atoms with E-state index in [-0.39, 0.29) is 5.41 Å². The molecule has 0 fully saturated rings. The summed E-state index contributed by atoms with van der Waals surface area (Å²) < 4.78 is 13.1. The Bertz CT molecular complexity index is 3580. The van der Waals surface area contributed by atoms with Crippen LogP contribution in [-0.4, -0.2) is 0 Å². The van der Waals surface area contributed by atoms with E-state index < -0.39 is 0 Å². The number of hydrogen-bond donors (Lipinski definition) is 0. The van der Waals surface area contributed by atoms with E-state index in [1.54, 1.807) is 0 Å². The highest BCUT2D eigenvalue weighted by Gasteiger charge is 2.35. The Morgan fingerprint density at radius 2 is 0.823 bits per heavy atom. The summed E-state index contributed by atoms with van der Waals surface area (Å²) in [6.07, 6.45) is 0. The fourth-order valence-corrected chi connectivity index (χ4v) is 10.4. The van der Waals surface area contributed by atoms with Gasteiger partial charge in [0.05, 0.1) is 0 Å². The number of hydrogen-bond acceptors (Lipinski definition) is 3. The lowest BCUT2D eigenvalue weighted by atomic mass is 9.82. The van der Waals surface area contributed by atoms with E-state index in [4.69, 9.17) is 8.83 Å². The summed E-state index contributed by atoms with van der Waals surface area (Å²) >= 11 is 0. The van der Waals surface area contributed by atoms with Crippen molar-refractivity contribution < 1.29 is 8.83 Å². The SMILES string of the molecule is CC1(C)c2ccccc2-c2ccc(N(c3ccc(-c4cccc5oc6c7ccccc7ccc6c45)cc3)c3ccc(-c4cccc5oc6c7ccccc7ccc6c45)cc3)cc21. The zero-order valence-corrected chi connectivity index (χ0v) is 34.3. The van der Waals surface area contributed by atoms with E-state index in [9.17, 15) is 0 Å². The van der Waals surface area contributed by atoms with Gasteiger partial charge < -0.3 is 13.7 Å². The number of nitrogens with zero attached hydrogens (tertiary/aromatic N) is 1. The van der Waals surface area contributed by atoms with E-state index in [0.717, 1.165) is 94.0 Å². The van der Waals surface area contributed by atoms with Crippen LogP contribution in [0, 0.1) is 0 Å². The molecule has 3 heteroatoms. The third-order valence-electron chi connectivity index (χ3n) is 13.5. The summed E-state index contributed by atoms with van der Waals surface area (Å²) in [5.41, 5.74) is 16.8. The Balaban J connectivity index is 0.944. The van der Waals surface area contributed by atoms with Gasteiger partial charge in [0.1, 0.15) is 22.3 Å². The molecule has 0 amide bonds. The fourth-order valence-electron chi connectivity index (χ4n) is 10.4. The van der Waals surface area contributed by atoms with Gasteiger partial charge in [0.25, 0.3) is 0 Å². The second kappa shape index (κ2) is 13.1. The monoisotopic (exact) mass is 793 g/mol. The van der Waals surface area contributed by atoms with Crippen LogP contribution < -0.4 is 4.90 Å². The number of furan rings is 2. The van der Waals surface area contributed by atoms with E-state index in [2.05, 4.69) is 219 Å². The average molecular weight is 794 g/mol. The smallest absolute Gasteiger partial charge is 0.143 e. The van der Waals surface area contributed by atoms with Crippen LogP contribution in [0.1, 0.15) is 25.0 Å². The van der Waals surface area contributed by atoms with Crippen molar-refractivity contribution in [1.29, 1.82) is 0 Å². The summed E-state index contributed by atoms with van der Waals surface area (Å²) in [4.78, 5) is 2.40. The first-order chi connectivity index (χ1) is 30.5. The minimum atomic E-state index is -0.129. The molecule has 0 saturated heterocycles. The molecule has 0 radical (unpaired) electrons. The summed E-state index contributed by atoms with van der Waals surface area (Å²) in [7, 11) is 0. The van der Waals surface area contributed by atoms with Crippen LogP contribution in [0.15, 0.2) is 209 Å². The molecule has 0 bridgehead atoms. The van der Waals surface area contributed by atoms with Crippen LogP contribution in [-0.2, 0) is 5.41 Å². The maximum Gasteiger partial charge on any atom is 0.143 e. The van der Waals surface area contributed by atoms with E-state index in [0.29, 0.717) is 0 Å². The Morgan fingerprint density at radius 3 is 1.39 bits per heavy atom. The lowest BCUT2D eigenvalue weighted by Crippen LogP contribution is -2.16. The topological polar surface area (TPSA) is 29.5 Å². The maximum absolute atomic E-state index is 6.57. The second-order valence-corrected chi connectivity index (χ2v) is 17.2. The van der Waals surface area contributed by atoms with Crippen LogP contribution in [0.25, 0.3) is 98.8 Å². The summed E-state index contributed by atoms with van der Waals surface area (Å²) in [6, 6.07) is 72.4. The van der Waals surface area contributed by atoms with Crippen molar-refractivity contribution >= 4 is 82.5 Å². The Labute approximate surface area is 358 Å². The zero-order chi connectivity index (χ0) is 41.1. The molecule has 0 atom stereocenters. The summed E-state index contributed by atoms with van der Waals surface area (Å²) in [5, 5.41) is 9.17. The lowest BCUT2D eigenvalue weighted by Gasteiger charge is -2.28.